The molecular weight excluding hydrogens is 308 g/mol. The summed E-state index contributed by atoms with van der Waals surface area (Å²) >= 11 is 6.09. The van der Waals surface area contributed by atoms with Crippen LogP contribution in [-0.2, 0) is 9.53 Å². The number of urea groups is 1. The molecule has 0 saturated carbocycles. The molecule has 0 radical (unpaired) electrons. The van der Waals surface area contributed by atoms with Gasteiger partial charge in [-0.15, -0.1) is 0 Å². The second-order valence-corrected chi connectivity index (χ2v) is 5.45. The summed E-state index contributed by atoms with van der Waals surface area (Å²) in [6, 6.07) is 4.63. The first-order valence-electron chi connectivity index (χ1n) is 6.93. The fourth-order valence-electron chi connectivity index (χ4n) is 1.66. The van der Waals surface area contributed by atoms with E-state index >= 15 is 0 Å². The smallest absolute Gasteiger partial charge is 0.319 e. The minimum atomic E-state index is -0.452. The Hall–Kier alpha value is -1.95. The van der Waals surface area contributed by atoms with Gasteiger partial charge < -0.3 is 20.1 Å². The third-order valence-corrected chi connectivity index (χ3v) is 3.04. The van der Waals surface area contributed by atoms with Crippen LogP contribution in [0.25, 0.3) is 0 Å². The Bertz CT molecular complexity index is 534. The molecule has 6 nitrogen and oxygen atoms in total. The summed E-state index contributed by atoms with van der Waals surface area (Å²) in [5.74, 6) is -0.399. The molecule has 0 aliphatic rings. The number of nitrogens with one attached hydrogen (secondary N) is 2. The van der Waals surface area contributed by atoms with Crippen molar-refractivity contribution in [3.8, 4) is 5.75 Å². The molecule has 2 amide bonds. The van der Waals surface area contributed by atoms with E-state index in [1.54, 1.807) is 25.1 Å². The van der Waals surface area contributed by atoms with Crippen molar-refractivity contribution in [3.63, 3.8) is 0 Å². The van der Waals surface area contributed by atoms with Crippen LogP contribution in [0.1, 0.15) is 20.8 Å². The Morgan fingerprint density at radius 3 is 2.55 bits per heavy atom. The summed E-state index contributed by atoms with van der Waals surface area (Å²) in [6.45, 7) is 5.56. The molecule has 2 N–H and O–H groups in total. The maximum absolute atomic E-state index is 11.9. The Morgan fingerprint density at radius 1 is 1.27 bits per heavy atom. The number of hydrogen-bond donors (Lipinski definition) is 2. The lowest BCUT2D eigenvalue weighted by Crippen LogP contribution is -2.35. The minimum Gasteiger partial charge on any atom is -0.487 e. The first kappa shape index (κ1) is 18.1. The van der Waals surface area contributed by atoms with Gasteiger partial charge in [0.05, 0.1) is 29.8 Å². The number of anilines is 1. The van der Waals surface area contributed by atoms with E-state index in [9.17, 15) is 9.59 Å². The van der Waals surface area contributed by atoms with Crippen LogP contribution < -0.4 is 15.4 Å². The fourth-order valence-corrected chi connectivity index (χ4v) is 1.88. The van der Waals surface area contributed by atoms with Crippen molar-refractivity contribution in [2.75, 3.05) is 19.0 Å². The van der Waals surface area contributed by atoms with Crippen molar-refractivity contribution in [2.24, 2.45) is 5.92 Å². The molecule has 0 aliphatic heterocycles. The summed E-state index contributed by atoms with van der Waals surface area (Å²) in [4.78, 5) is 23.2. The molecule has 1 rings (SSSR count). The number of methoxy groups -OCH3 is 1. The first-order chi connectivity index (χ1) is 10.3. The van der Waals surface area contributed by atoms with Gasteiger partial charge in [-0.3, -0.25) is 4.79 Å². The molecular formula is C15H21ClN2O4. The molecule has 1 unspecified atom stereocenters. The number of para-hydroxylation sites is 1. The van der Waals surface area contributed by atoms with E-state index in [4.69, 9.17) is 16.3 Å². The highest BCUT2D eigenvalue weighted by Crippen LogP contribution is 2.33. The van der Waals surface area contributed by atoms with Crippen molar-refractivity contribution in [1.29, 1.82) is 0 Å². The van der Waals surface area contributed by atoms with Gasteiger partial charge in [0, 0.05) is 6.54 Å². The number of carbonyl (C=O) groups is 2. The van der Waals surface area contributed by atoms with Crippen LogP contribution in [0.5, 0.6) is 5.75 Å². The number of rotatable bonds is 6. The Labute approximate surface area is 135 Å². The lowest BCUT2D eigenvalue weighted by atomic mass is 10.2. The molecule has 1 atom stereocenters. The van der Waals surface area contributed by atoms with Crippen LogP contribution in [0, 0.1) is 5.92 Å². The zero-order valence-electron chi connectivity index (χ0n) is 13.1. The zero-order chi connectivity index (χ0) is 16.7. The number of amides is 2. The molecule has 1 aromatic carbocycles. The molecule has 0 fully saturated rings. The Kier molecular flexibility index (Phi) is 6.98. The maximum atomic E-state index is 11.9. The SMILES string of the molecule is COC(=O)C(C)CNC(=O)Nc1cccc(Cl)c1OC(C)C. The molecule has 0 aliphatic carbocycles. The molecule has 122 valence electrons. The van der Waals surface area contributed by atoms with Crippen LogP contribution in [0.4, 0.5) is 10.5 Å². The van der Waals surface area contributed by atoms with E-state index in [1.165, 1.54) is 7.11 Å². The predicted molar refractivity (Wildman–Crippen MR) is 85.4 cm³/mol. The predicted octanol–water partition coefficient (Wildman–Crippen LogP) is 3.06. The molecule has 7 heteroatoms. The highest BCUT2D eigenvalue weighted by molar-refractivity contribution is 6.32. The quantitative estimate of drug-likeness (QED) is 0.787. The van der Waals surface area contributed by atoms with Crippen LogP contribution in [0.2, 0.25) is 5.02 Å². The highest BCUT2D eigenvalue weighted by Gasteiger charge is 2.16. The van der Waals surface area contributed by atoms with Gasteiger partial charge >= 0.3 is 12.0 Å². The van der Waals surface area contributed by atoms with E-state index in [2.05, 4.69) is 15.4 Å². The summed E-state index contributed by atoms with van der Waals surface area (Å²) < 4.78 is 10.2. The summed E-state index contributed by atoms with van der Waals surface area (Å²) in [6.07, 6.45) is -0.0807. The molecule has 0 spiro atoms. The topological polar surface area (TPSA) is 76.7 Å². The van der Waals surface area contributed by atoms with E-state index in [0.29, 0.717) is 16.5 Å². The van der Waals surface area contributed by atoms with Gasteiger partial charge in [-0.2, -0.15) is 0 Å². The van der Waals surface area contributed by atoms with Crippen molar-refractivity contribution >= 4 is 29.3 Å². The van der Waals surface area contributed by atoms with Crippen molar-refractivity contribution in [3.05, 3.63) is 23.2 Å². The zero-order valence-corrected chi connectivity index (χ0v) is 13.9. The number of carbonyl (C=O) groups excluding carboxylic acids is 2. The Balaban J connectivity index is 2.68. The minimum absolute atomic E-state index is 0.0807. The standard InChI is InChI=1S/C15H21ClN2O4/c1-9(2)22-13-11(16)6-5-7-12(13)18-15(20)17-8-10(3)14(19)21-4/h5-7,9-10H,8H2,1-4H3,(H2,17,18,20). The summed E-state index contributed by atoms with van der Waals surface area (Å²) in [5.41, 5.74) is 0.462. The van der Waals surface area contributed by atoms with Crippen molar-refractivity contribution < 1.29 is 19.1 Å². The van der Waals surface area contributed by atoms with Gasteiger partial charge in [-0.05, 0) is 26.0 Å². The van der Waals surface area contributed by atoms with Gasteiger partial charge in [0.1, 0.15) is 0 Å². The van der Waals surface area contributed by atoms with Gasteiger partial charge in [-0.1, -0.05) is 24.6 Å². The lowest BCUT2D eigenvalue weighted by molar-refractivity contribution is -0.144. The van der Waals surface area contributed by atoms with Gasteiger partial charge in [0.2, 0.25) is 0 Å². The van der Waals surface area contributed by atoms with E-state index in [1.807, 2.05) is 13.8 Å². The van der Waals surface area contributed by atoms with Crippen LogP contribution in [0.3, 0.4) is 0 Å². The van der Waals surface area contributed by atoms with Crippen LogP contribution >= 0.6 is 11.6 Å². The molecule has 0 bridgehead atoms. The third kappa shape index (κ3) is 5.44. The first-order valence-corrected chi connectivity index (χ1v) is 7.30. The lowest BCUT2D eigenvalue weighted by Gasteiger charge is -2.17. The number of ether oxygens (including phenoxy) is 2. The fraction of sp³-hybridized carbons (Fsp3) is 0.467. The monoisotopic (exact) mass is 328 g/mol. The van der Waals surface area contributed by atoms with Gasteiger partial charge in [0.15, 0.2) is 5.75 Å². The van der Waals surface area contributed by atoms with E-state index in [0.717, 1.165) is 0 Å². The largest absolute Gasteiger partial charge is 0.487 e. The normalized spacial score (nSPS) is 11.7. The molecule has 0 saturated heterocycles. The van der Waals surface area contributed by atoms with Gasteiger partial charge in [0.25, 0.3) is 0 Å². The number of benzene rings is 1. The second kappa shape index (κ2) is 8.48. The van der Waals surface area contributed by atoms with E-state index < -0.39 is 11.9 Å². The van der Waals surface area contributed by atoms with Gasteiger partial charge in [-0.25, -0.2) is 4.79 Å². The third-order valence-electron chi connectivity index (χ3n) is 2.74. The van der Waals surface area contributed by atoms with Crippen LogP contribution in [0.15, 0.2) is 18.2 Å². The van der Waals surface area contributed by atoms with Crippen molar-refractivity contribution in [2.45, 2.75) is 26.9 Å². The highest BCUT2D eigenvalue weighted by atomic mass is 35.5. The number of halogens is 1. The summed E-state index contributed by atoms with van der Waals surface area (Å²) in [7, 11) is 1.31. The molecule has 0 aromatic heterocycles. The summed E-state index contributed by atoms with van der Waals surface area (Å²) in [5, 5.41) is 5.67. The molecule has 0 heterocycles. The van der Waals surface area contributed by atoms with Crippen molar-refractivity contribution in [1.82, 2.24) is 5.32 Å². The second-order valence-electron chi connectivity index (χ2n) is 5.04. The average molecular weight is 329 g/mol. The number of esters is 1. The number of hydrogen-bond acceptors (Lipinski definition) is 4. The molecule has 1 aromatic rings. The van der Waals surface area contributed by atoms with E-state index in [-0.39, 0.29) is 18.6 Å². The molecule has 22 heavy (non-hydrogen) atoms. The Morgan fingerprint density at radius 2 is 1.95 bits per heavy atom. The maximum Gasteiger partial charge on any atom is 0.319 e. The van der Waals surface area contributed by atoms with Crippen LogP contribution in [-0.4, -0.2) is 31.8 Å². The average Bonchev–Trinajstić information content (AvgIpc) is 2.47.